The first-order valence-corrected chi connectivity index (χ1v) is 6.05. The SMILES string of the molecule is C=CCNC(=O)c1sc(SC)cc1N. The van der Waals surface area contributed by atoms with E-state index in [2.05, 4.69) is 11.9 Å². The Hall–Kier alpha value is -0.940. The number of carbonyl (C=O) groups excluding carboxylic acids is 1. The Labute approximate surface area is 91.4 Å². The Bertz CT molecular complexity index is 347. The molecule has 0 aliphatic heterocycles. The zero-order valence-corrected chi connectivity index (χ0v) is 9.50. The average Bonchev–Trinajstić information content (AvgIpc) is 2.56. The first-order chi connectivity index (χ1) is 6.69. The first-order valence-electron chi connectivity index (χ1n) is 4.01. The molecule has 0 bridgehead atoms. The second kappa shape index (κ2) is 5.07. The van der Waals surface area contributed by atoms with Gasteiger partial charge in [0.25, 0.3) is 5.91 Å². The lowest BCUT2D eigenvalue weighted by atomic mass is 10.4. The van der Waals surface area contributed by atoms with Gasteiger partial charge in [0.2, 0.25) is 0 Å². The fourth-order valence-electron chi connectivity index (χ4n) is 0.905. The third kappa shape index (κ3) is 2.52. The molecule has 1 heterocycles. The van der Waals surface area contributed by atoms with Crippen molar-refractivity contribution >= 4 is 34.7 Å². The Kier molecular flexibility index (Phi) is 4.03. The molecule has 14 heavy (non-hydrogen) atoms. The van der Waals surface area contributed by atoms with Crippen molar-refractivity contribution in [2.24, 2.45) is 0 Å². The monoisotopic (exact) mass is 228 g/mol. The van der Waals surface area contributed by atoms with E-state index < -0.39 is 0 Å². The Morgan fingerprint density at radius 3 is 3.07 bits per heavy atom. The molecule has 1 rings (SSSR count). The summed E-state index contributed by atoms with van der Waals surface area (Å²) in [5, 5.41) is 2.69. The molecule has 0 aromatic carbocycles. The number of thioether (sulfide) groups is 1. The van der Waals surface area contributed by atoms with E-state index >= 15 is 0 Å². The molecule has 0 saturated heterocycles. The maximum Gasteiger partial charge on any atom is 0.263 e. The fourth-order valence-corrected chi connectivity index (χ4v) is 2.46. The standard InChI is InChI=1S/C9H12N2OS2/c1-3-4-11-9(12)8-6(10)5-7(13-2)14-8/h3,5H,1,4,10H2,2H3,(H,11,12). The summed E-state index contributed by atoms with van der Waals surface area (Å²) in [4.78, 5) is 12.1. The average molecular weight is 228 g/mol. The highest BCUT2D eigenvalue weighted by molar-refractivity contribution is 8.00. The van der Waals surface area contributed by atoms with Gasteiger partial charge in [-0.3, -0.25) is 4.79 Å². The highest BCUT2D eigenvalue weighted by Gasteiger charge is 2.12. The van der Waals surface area contributed by atoms with Gasteiger partial charge in [-0.2, -0.15) is 0 Å². The lowest BCUT2D eigenvalue weighted by Gasteiger charge is -1.99. The van der Waals surface area contributed by atoms with Crippen LogP contribution in [0.15, 0.2) is 22.9 Å². The van der Waals surface area contributed by atoms with Gasteiger partial charge in [0.1, 0.15) is 4.88 Å². The van der Waals surface area contributed by atoms with Crippen molar-refractivity contribution < 1.29 is 4.79 Å². The molecule has 1 amide bonds. The zero-order valence-electron chi connectivity index (χ0n) is 7.87. The van der Waals surface area contributed by atoms with E-state index in [0.29, 0.717) is 17.1 Å². The summed E-state index contributed by atoms with van der Waals surface area (Å²) < 4.78 is 1.05. The smallest absolute Gasteiger partial charge is 0.263 e. The summed E-state index contributed by atoms with van der Waals surface area (Å²) in [5.41, 5.74) is 6.24. The number of nitrogens with two attached hydrogens (primary N) is 1. The molecule has 0 radical (unpaired) electrons. The highest BCUT2D eigenvalue weighted by atomic mass is 32.2. The van der Waals surface area contributed by atoms with Crippen LogP contribution in [0.1, 0.15) is 9.67 Å². The summed E-state index contributed by atoms with van der Waals surface area (Å²) in [5.74, 6) is -0.132. The molecule has 3 N–H and O–H groups in total. The van der Waals surface area contributed by atoms with Crippen LogP contribution in [0.2, 0.25) is 0 Å². The minimum atomic E-state index is -0.132. The van der Waals surface area contributed by atoms with Gasteiger partial charge in [-0.05, 0) is 12.3 Å². The minimum Gasteiger partial charge on any atom is -0.397 e. The molecular formula is C9H12N2OS2. The van der Waals surface area contributed by atoms with E-state index in [4.69, 9.17) is 5.73 Å². The molecule has 0 aliphatic carbocycles. The molecule has 0 unspecified atom stereocenters. The van der Waals surface area contributed by atoms with Gasteiger partial charge in [-0.1, -0.05) is 6.08 Å². The molecule has 0 atom stereocenters. The van der Waals surface area contributed by atoms with E-state index in [1.807, 2.05) is 12.3 Å². The number of hydrogen-bond acceptors (Lipinski definition) is 4. The zero-order chi connectivity index (χ0) is 10.6. The lowest BCUT2D eigenvalue weighted by Crippen LogP contribution is -2.22. The molecular weight excluding hydrogens is 216 g/mol. The maximum atomic E-state index is 11.5. The van der Waals surface area contributed by atoms with E-state index in [1.54, 1.807) is 17.8 Å². The summed E-state index contributed by atoms with van der Waals surface area (Å²) in [7, 11) is 0. The number of amides is 1. The lowest BCUT2D eigenvalue weighted by molar-refractivity contribution is 0.0963. The Morgan fingerprint density at radius 1 is 1.86 bits per heavy atom. The van der Waals surface area contributed by atoms with Crippen molar-refractivity contribution in [2.45, 2.75) is 4.21 Å². The van der Waals surface area contributed by atoms with Crippen LogP contribution in [-0.4, -0.2) is 18.7 Å². The van der Waals surface area contributed by atoms with Crippen LogP contribution in [-0.2, 0) is 0 Å². The molecule has 0 fully saturated rings. The van der Waals surface area contributed by atoms with Crippen molar-refractivity contribution in [3.05, 3.63) is 23.6 Å². The van der Waals surface area contributed by atoms with Gasteiger partial charge >= 0.3 is 0 Å². The summed E-state index contributed by atoms with van der Waals surface area (Å²) in [6, 6.07) is 1.82. The number of nitrogen functional groups attached to an aromatic ring is 1. The first kappa shape index (κ1) is 11.1. The number of hydrogen-bond donors (Lipinski definition) is 2. The van der Waals surface area contributed by atoms with Crippen LogP contribution < -0.4 is 11.1 Å². The van der Waals surface area contributed by atoms with Crippen molar-refractivity contribution in [1.29, 1.82) is 0 Å². The highest BCUT2D eigenvalue weighted by Crippen LogP contribution is 2.30. The third-order valence-electron chi connectivity index (χ3n) is 1.55. The number of thiophene rings is 1. The minimum absolute atomic E-state index is 0.132. The molecule has 5 heteroatoms. The van der Waals surface area contributed by atoms with Crippen molar-refractivity contribution in [3.63, 3.8) is 0 Å². The van der Waals surface area contributed by atoms with Crippen molar-refractivity contribution in [1.82, 2.24) is 5.32 Å². The molecule has 0 aliphatic rings. The summed E-state index contributed by atoms with van der Waals surface area (Å²) in [6.45, 7) is 3.99. The number of rotatable bonds is 4. The molecule has 76 valence electrons. The third-order valence-corrected chi connectivity index (χ3v) is 3.77. The number of nitrogens with one attached hydrogen (secondary N) is 1. The van der Waals surface area contributed by atoms with Crippen LogP contribution in [0.25, 0.3) is 0 Å². The maximum absolute atomic E-state index is 11.5. The van der Waals surface area contributed by atoms with Crippen molar-refractivity contribution in [2.75, 3.05) is 18.5 Å². The predicted octanol–water partition coefficient (Wildman–Crippen LogP) is 1.97. The quantitative estimate of drug-likeness (QED) is 0.612. The van der Waals surface area contributed by atoms with Gasteiger partial charge in [-0.15, -0.1) is 29.7 Å². The Morgan fingerprint density at radius 2 is 2.57 bits per heavy atom. The second-order valence-corrected chi connectivity index (χ2v) is 4.71. The molecule has 1 aromatic rings. The van der Waals surface area contributed by atoms with E-state index in [0.717, 1.165) is 4.21 Å². The van der Waals surface area contributed by atoms with E-state index in [1.165, 1.54) is 11.3 Å². The van der Waals surface area contributed by atoms with Gasteiger partial charge in [-0.25, -0.2) is 0 Å². The molecule has 0 saturated carbocycles. The van der Waals surface area contributed by atoms with Crippen molar-refractivity contribution in [3.8, 4) is 0 Å². The topological polar surface area (TPSA) is 55.1 Å². The van der Waals surface area contributed by atoms with Gasteiger partial charge < -0.3 is 11.1 Å². The normalized spacial score (nSPS) is 9.79. The van der Waals surface area contributed by atoms with E-state index in [-0.39, 0.29) is 5.91 Å². The summed E-state index contributed by atoms with van der Waals surface area (Å²) >= 11 is 2.99. The molecule has 1 aromatic heterocycles. The van der Waals surface area contributed by atoms with Crippen LogP contribution in [0.5, 0.6) is 0 Å². The van der Waals surface area contributed by atoms with Crippen LogP contribution in [0.4, 0.5) is 5.69 Å². The predicted molar refractivity (Wildman–Crippen MR) is 63.0 cm³/mol. The van der Waals surface area contributed by atoms with Crippen LogP contribution in [0.3, 0.4) is 0 Å². The summed E-state index contributed by atoms with van der Waals surface area (Å²) in [6.07, 6.45) is 3.59. The van der Waals surface area contributed by atoms with Crippen LogP contribution in [0, 0.1) is 0 Å². The molecule has 3 nitrogen and oxygen atoms in total. The largest absolute Gasteiger partial charge is 0.397 e. The fraction of sp³-hybridized carbons (Fsp3) is 0.222. The number of anilines is 1. The second-order valence-electron chi connectivity index (χ2n) is 2.55. The van der Waals surface area contributed by atoms with Crippen LogP contribution >= 0.6 is 23.1 Å². The van der Waals surface area contributed by atoms with Gasteiger partial charge in [0.15, 0.2) is 0 Å². The van der Waals surface area contributed by atoms with E-state index in [9.17, 15) is 4.79 Å². The van der Waals surface area contributed by atoms with Gasteiger partial charge in [0.05, 0.1) is 9.90 Å². The van der Waals surface area contributed by atoms with Gasteiger partial charge in [0, 0.05) is 6.54 Å². The number of carbonyl (C=O) groups is 1. The Balaban J connectivity index is 2.78. The molecule has 0 spiro atoms.